The fraction of sp³-hybridized carbons (Fsp3) is 0.238. The molecule has 1 saturated heterocycles. The van der Waals surface area contributed by atoms with Crippen LogP contribution in [0.2, 0.25) is 5.02 Å². The molecule has 1 aliphatic rings. The number of halogens is 1. The highest BCUT2D eigenvalue weighted by molar-refractivity contribution is 6.30. The number of rotatable bonds is 4. The van der Waals surface area contributed by atoms with E-state index in [1.54, 1.807) is 6.20 Å². The molecule has 4 rings (SSSR count). The van der Waals surface area contributed by atoms with E-state index in [0.29, 0.717) is 30.5 Å². The number of aromatic nitrogens is 1. The first-order valence-electron chi connectivity index (χ1n) is 8.96. The summed E-state index contributed by atoms with van der Waals surface area (Å²) in [5, 5.41) is 0.696. The second-order valence-electron chi connectivity index (χ2n) is 6.56. The van der Waals surface area contributed by atoms with Crippen LogP contribution in [0.4, 0.5) is 0 Å². The maximum atomic E-state index is 12.5. The van der Waals surface area contributed by atoms with E-state index in [1.165, 1.54) is 0 Å². The van der Waals surface area contributed by atoms with Crippen molar-refractivity contribution in [2.45, 2.75) is 6.54 Å². The molecule has 1 aliphatic heterocycles. The minimum atomic E-state index is 0.0939. The molecule has 0 unspecified atom stereocenters. The van der Waals surface area contributed by atoms with E-state index < -0.39 is 0 Å². The van der Waals surface area contributed by atoms with E-state index in [1.807, 2.05) is 59.5 Å². The van der Waals surface area contributed by atoms with Crippen LogP contribution in [0.3, 0.4) is 0 Å². The van der Waals surface area contributed by atoms with Crippen LogP contribution >= 0.6 is 11.6 Å². The Labute approximate surface area is 163 Å². The Bertz CT molecular complexity index is 901. The van der Waals surface area contributed by atoms with Gasteiger partial charge in [-0.3, -0.25) is 9.69 Å². The molecule has 1 amide bonds. The topological polar surface area (TPSA) is 49.6 Å². The van der Waals surface area contributed by atoms with Gasteiger partial charge in [-0.15, -0.1) is 0 Å². The quantitative estimate of drug-likeness (QED) is 0.686. The molecule has 0 N–H and O–H groups in total. The summed E-state index contributed by atoms with van der Waals surface area (Å²) in [6, 6.07) is 16.9. The van der Waals surface area contributed by atoms with Gasteiger partial charge in [0, 0.05) is 42.3 Å². The molecule has 0 radical (unpaired) electrons. The van der Waals surface area contributed by atoms with Gasteiger partial charge in [-0.2, -0.15) is 0 Å². The number of oxazole rings is 1. The molecule has 5 nitrogen and oxygen atoms in total. The maximum Gasteiger partial charge on any atom is 0.253 e. The van der Waals surface area contributed by atoms with Gasteiger partial charge in [0.15, 0.2) is 5.76 Å². The van der Waals surface area contributed by atoms with Crippen LogP contribution in [-0.4, -0.2) is 46.9 Å². The van der Waals surface area contributed by atoms with E-state index in [0.717, 1.165) is 30.0 Å². The Balaban J connectivity index is 1.33. The van der Waals surface area contributed by atoms with Gasteiger partial charge in [0.25, 0.3) is 5.91 Å². The molecule has 0 aliphatic carbocycles. The Morgan fingerprint density at radius 1 is 1.00 bits per heavy atom. The molecule has 1 aromatic heterocycles. The lowest BCUT2D eigenvalue weighted by molar-refractivity contribution is 0.0618. The summed E-state index contributed by atoms with van der Waals surface area (Å²) in [6.45, 7) is 3.66. The number of carbonyl (C=O) groups excluding carboxylic acids is 1. The first kappa shape index (κ1) is 17.8. The maximum absolute atomic E-state index is 12.5. The zero-order valence-electron chi connectivity index (χ0n) is 14.8. The second kappa shape index (κ2) is 7.94. The third-order valence-electron chi connectivity index (χ3n) is 4.72. The SMILES string of the molecule is O=C(c1ccccc1)N1CCN(Cc2ncc(-c3ccc(Cl)cc3)o2)CC1. The van der Waals surface area contributed by atoms with E-state index in [2.05, 4.69) is 9.88 Å². The van der Waals surface area contributed by atoms with Crippen LogP contribution in [0.1, 0.15) is 16.2 Å². The molecule has 2 heterocycles. The van der Waals surface area contributed by atoms with Gasteiger partial charge in [0.05, 0.1) is 12.7 Å². The summed E-state index contributed by atoms with van der Waals surface area (Å²) in [6.07, 6.45) is 1.74. The number of hydrogen-bond acceptors (Lipinski definition) is 4. The molecule has 0 atom stereocenters. The monoisotopic (exact) mass is 381 g/mol. The second-order valence-corrected chi connectivity index (χ2v) is 7.00. The van der Waals surface area contributed by atoms with Crippen LogP contribution in [-0.2, 0) is 6.54 Å². The van der Waals surface area contributed by atoms with Crippen molar-refractivity contribution in [3.8, 4) is 11.3 Å². The smallest absolute Gasteiger partial charge is 0.253 e. The summed E-state index contributed by atoms with van der Waals surface area (Å²) < 4.78 is 5.88. The van der Waals surface area contributed by atoms with Crippen molar-refractivity contribution in [3.63, 3.8) is 0 Å². The summed E-state index contributed by atoms with van der Waals surface area (Å²) in [5.41, 5.74) is 1.70. The van der Waals surface area contributed by atoms with E-state index in [4.69, 9.17) is 16.0 Å². The Morgan fingerprint density at radius 2 is 1.70 bits per heavy atom. The lowest BCUT2D eigenvalue weighted by Crippen LogP contribution is -2.48. The van der Waals surface area contributed by atoms with Crippen LogP contribution in [0, 0.1) is 0 Å². The number of amides is 1. The van der Waals surface area contributed by atoms with Gasteiger partial charge in [0.1, 0.15) is 0 Å². The Morgan fingerprint density at radius 3 is 2.41 bits per heavy atom. The third-order valence-corrected chi connectivity index (χ3v) is 4.97. The summed E-state index contributed by atoms with van der Waals surface area (Å²) in [7, 11) is 0. The van der Waals surface area contributed by atoms with Gasteiger partial charge in [-0.05, 0) is 36.4 Å². The molecular weight excluding hydrogens is 362 g/mol. The van der Waals surface area contributed by atoms with Gasteiger partial charge in [-0.25, -0.2) is 4.98 Å². The van der Waals surface area contributed by atoms with Crippen molar-refractivity contribution in [1.82, 2.24) is 14.8 Å². The standard InChI is InChI=1S/C21H20ClN3O2/c22-18-8-6-16(7-9-18)19-14-23-20(27-19)15-24-10-12-25(13-11-24)21(26)17-4-2-1-3-5-17/h1-9,14H,10-13,15H2. The van der Waals surface area contributed by atoms with Crippen molar-refractivity contribution < 1.29 is 9.21 Å². The van der Waals surface area contributed by atoms with Crippen LogP contribution in [0.15, 0.2) is 65.2 Å². The Kier molecular flexibility index (Phi) is 5.23. The van der Waals surface area contributed by atoms with Crippen molar-refractivity contribution in [2.24, 2.45) is 0 Å². The zero-order valence-corrected chi connectivity index (χ0v) is 15.6. The molecule has 0 spiro atoms. The lowest BCUT2D eigenvalue weighted by Gasteiger charge is -2.34. The minimum Gasteiger partial charge on any atom is -0.439 e. The van der Waals surface area contributed by atoms with Crippen LogP contribution < -0.4 is 0 Å². The minimum absolute atomic E-state index is 0.0939. The molecule has 2 aromatic carbocycles. The molecule has 6 heteroatoms. The predicted octanol–water partition coefficient (Wildman–Crippen LogP) is 3.95. The van der Waals surface area contributed by atoms with Crippen molar-refractivity contribution >= 4 is 17.5 Å². The summed E-state index contributed by atoms with van der Waals surface area (Å²) >= 11 is 5.93. The van der Waals surface area contributed by atoms with Crippen LogP contribution in [0.25, 0.3) is 11.3 Å². The number of carbonyl (C=O) groups is 1. The van der Waals surface area contributed by atoms with Gasteiger partial charge < -0.3 is 9.32 Å². The fourth-order valence-electron chi connectivity index (χ4n) is 3.19. The normalized spacial score (nSPS) is 15.1. The molecule has 0 bridgehead atoms. The Hall–Kier alpha value is -2.63. The summed E-state index contributed by atoms with van der Waals surface area (Å²) in [5.74, 6) is 1.51. The van der Waals surface area contributed by atoms with E-state index in [-0.39, 0.29) is 5.91 Å². The number of benzene rings is 2. The number of nitrogens with zero attached hydrogens (tertiary/aromatic N) is 3. The van der Waals surface area contributed by atoms with Crippen molar-refractivity contribution in [1.29, 1.82) is 0 Å². The average Bonchev–Trinajstić information content (AvgIpc) is 3.18. The highest BCUT2D eigenvalue weighted by atomic mass is 35.5. The predicted molar refractivity (Wildman–Crippen MR) is 105 cm³/mol. The van der Waals surface area contributed by atoms with Gasteiger partial charge >= 0.3 is 0 Å². The molecule has 138 valence electrons. The largest absolute Gasteiger partial charge is 0.439 e. The highest BCUT2D eigenvalue weighted by Crippen LogP contribution is 2.23. The van der Waals surface area contributed by atoms with Crippen molar-refractivity contribution in [3.05, 3.63) is 77.3 Å². The highest BCUT2D eigenvalue weighted by Gasteiger charge is 2.23. The number of piperazine rings is 1. The molecule has 3 aromatic rings. The molecule has 27 heavy (non-hydrogen) atoms. The summed E-state index contributed by atoms with van der Waals surface area (Å²) in [4.78, 5) is 21.1. The third kappa shape index (κ3) is 4.21. The number of hydrogen-bond donors (Lipinski definition) is 0. The average molecular weight is 382 g/mol. The lowest BCUT2D eigenvalue weighted by atomic mass is 10.2. The molecule has 0 saturated carbocycles. The van der Waals surface area contributed by atoms with Gasteiger partial charge in [0.2, 0.25) is 5.89 Å². The van der Waals surface area contributed by atoms with Crippen molar-refractivity contribution in [2.75, 3.05) is 26.2 Å². The molecule has 1 fully saturated rings. The van der Waals surface area contributed by atoms with E-state index >= 15 is 0 Å². The first-order chi connectivity index (χ1) is 13.2. The van der Waals surface area contributed by atoms with Crippen LogP contribution in [0.5, 0.6) is 0 Å². The zero-order chi connectivity index (χ0) is 18.6. The fourth-order valence-corrected chi connectivity index (χ4v) is 3.32. The van der Waals surface area contributed by atoms with Gasteiger partial charge in [-0.1, -0.05) is 29.8 Å². The molecular formula is C21H20ClN3O2. The van der Waals surface area contributed by atoms with E-state index in [9.17, 15) is 4.79 Å². The first-order valence-corrected chi connectivity index (χ1v) is 9.34.